The van der Waals surface area contributed by atoms with Crippen molar-refractivity contribution in [3.8, 4) is 0 Å². The summed E-state index contributed by atoms with van der Waals surface area (Å²) < 4.78 is 5.26. The molecule has 1 aromatic rings. The van der Waals surface area contributed by atoms with Gasteiger partial charge in [0.25, 0.3) is 0 Å². The second kappa shape index (κ2) is 5.57. The first-order valence-electron chi connectivity index (χ1n) is 6.30. The lowest BCUT2D eigenvalue weighted by Gasteiger charge is -2.30. The summed E-state index contributed by atoms with van der Waals surface area (Å²) in [6, 6.07) is 1.39. The Labute approximate surface area is 108 Å². The Hall–Kier alpha value is -1.29. The van der Waals surface area contributed by atoms with Crippen molar-refractivity contribution >= 4 is 5.97 Å². The van der Waals surface area contributed by atoms with Crippen LogP contribution in [0.25, 0.3) is 0 Å². The van der Waals surface area contributed by atoms with E-state index in [0.717, 1.165) is 0 Å². The molecule has 0 aliphatic carbocycles. The molecule has 4 heteroatoms. The number of hydrogen-bond acceptors (Lipinski definition) is 3. The highest BCUT2D eigenvalue weighted by Crippen LogP contribution is 2.37. The van der Waals surface area contributed by atoms with E-state index in [2.05, 4.69) is 0 Å². The summed E-state index contributed by atoms with van der Waals surface area (Å²) in [5.74, 6) is -0.386. The minimum absolute atomic E-state index is 0.0544. The van der Waals surface area contributed by atoms with Gasteiger partial charge in [0.05, 0.1) is 6.26 Å². The van der Waals surface area contributed by atoms with Gasteiger partial charge in [-0.15, -0.1) is 0 Å². The Bertz CT molecular complexity index is 394. The maximum absolute atomic E-state index is 11.1. The number of carbonyl (C=O) groups is 1. The molecule has 4 nitrogen and oxygen atoms in total. The van der Waals surface area contributed by atoms with E-state index in [1.807, 2.05) is 27.7 Å². The third kappa shape index (κ3) is 3.35. The number of aromatic carboxylic acids is 1. The monoisotopic (exact) mass is 254 g/mol. The first kappa shape index (κ1) is 14.8. The SMILES string of the molecule is CC(C)CC(O)(CC(C)C)c1occc1C(=O)O. The Morgan fingerprint density at radius 1 is 1.28 bits per heavy atom. The van der Waals surface area contributed by atoms with E-state index < -0.39 is 11.6 Å². The summed E-state index contributed by atoms with van der Waals surface area (Å²) in [6.45, 7) is 7.98. The van der Waals surface area contributed by atoms with Gasteiger partial charge in [-0.2, -0.15) is 0 Å². The van der Waals surface area contributed by atoms with Gasteiger partial charge in [0, 0.05) is 0 Å². The highest BCUT2D eigenvalue weighted by Gasteiger charge is 2.37. The zero-order chi connectivity index (χ0) is 13.9. The van der Waals surface area contributed by atoms with Gasteiger partial charge in [0.15, 0.2) is 0 Å². The van der Waals surface area contributed by atoms with Crippen molar-refractivity contribution in [3.63, 3.8) is 0 Å². The van der Waals surface area contributed by atoms with E-state index in [9.17, 15) is 9.90 Å². The third-order valence-electron chi connectivity index (χ3n) is 2.81. The fraction of sp³-hybridized carbons (Fsp3) is 0.643. The largest absolute Gasteiger partial charge is 0.478 e. The molecule has 1 aromatic heterocycles. The Morgan fingerprint density at radius 2 is 1.78 bits per heavy atom. The molecule has 0 saturated carbocycles. The van der Waals surface area contributed by atoms with Crippen LogP contribution in [0.15, 0.2) is 16.7 Å². The van der Waals surface area contributed by atoms with Gasteiger partial charge in [-0.3, -0.25) is 0 Å². The van der Waals surface area contributed by atoms with E-state index in [1.165, 1.54) is 12.3 Å². The normalized spacial score (nSPS) is 12.4. The molecular weight excluding hydrogens is 232 g/mol. The van der Waals surface area contributed by atoms with Gasteiger partial charge in [-0.05, 0) is 30.7 Å². The minimum Gasteiger partial charge on any atom is -0.478 e. The number of rotatable bonds is 6. The summed E-state index contributed by atoms with van der Waals surface area (Å²) in [7, 11) is 0. The van der Waals surface area contributed by atoms with Gasteiger partial charge in [-0.1, -0.05) is 27.7 Å². The molecule has 0 saturated heterocycles. The molecule has 0 aromatic carbocycles. The molecule has 0 aliphatic heterocycles. The standard InChI is InChI=1S/C14H22O4/c1-9(2)7-14(17,8-10(3)4)12-11(13(15)16)5-6-18-12/h5-6,9-10,17H,7-8H2,1-4H3,(H,15,16). The smallest absolute Gasteiger partial charge is 0.339 e. The lowest BCUT2D eigenvalue weighted by Crippen LogP contribution is -2.30. The first-order valence-corrected chi connectivity index (χ1v) is 6.30. The van der Waals surface area contributed by atoms with Crippen LogP contribution in [0.2, 0.25) is 0 Å². The topological polar surface area (TPSA) is 70.7 Å². The van der Waals surface area contributed by atoms with Crippen LogP contribution in [0, 0.1) is 11.8 Å². The molecule has 0 radical (unpaired) electrons. The quantitative estimate of drug-likeness (QED) is 0.817. The molecule has 1 rings (SSSR count). The van der Waals surface area contributed by atoms with Crippen LogP contribution in [0.4, 0.5) is 0 Å². The zero-order valence-corrected chi connectivity index (χ0v) is 11.4. The highest BCUT2D eigenvalue weighted by molar-refractivity contribution is 5.89. The van der Waals surface area contributed by atoms with Crippen molar-refractivity contribution in [2.75, 3.05) is 0 Å². The fourth-order valence-electron chi connectivity index (χ4n) is 2.46. The molecule has 0 fully saturated rings. The van der Waals surface area contributed by atoms with Crippen molar-refractivity contribution < 1.29 is 19.4 Å². The first-order chi connectivity index (χ1) is 8.26. The molecule has 1 heterocycles. The second-order valence-electron chi connectivity index (χ2n) is 5.70. The predicted molar refractivity (Wildman–Crippen MR) is 68.5 cm³/mol. The lowest BCUT2D eigenvalue weighted by atomic mass is 9.82. The summed E-state index contributed by atoms with van der Waals surface area (Å²) in [4.78, 5) is 11.1. The van der Waals surface area contributed by atoms with Crippen molar-refractivity contribution in [1.82, 2.24) is 0 Å². The van der Waals surface area contributed by atoms with Crippen LogP contribution < -0.4 is 0 Å². The molecule has 0 atom stereocenters. The van der Waals surface area contributed by atoms with Crippen molar-refractivity contribution in [1.29, 1.82) is 0 Å². The van der Waals surface area contributed by atoms with Crippen LogP contribution in [-0.4, -0.2) is 16.2 Å². The molecule has 18 heavy (non-hydrogen) atoms. The number of furan rings is 1. The third-order valence-corrected chi connectivity index (χ3v) is 2.81. The van der Waals surface area contributed by atoms with E-state index in [1.54, 1.807) is 0 Å². The Balaban J connectivity index is 3.16. The molecule has 2 N–H and O–H groups in total. The number of carboxylic acids is 1. The number of hydrogen-bond donors (Lipinski definition) is 2. The summed E-state index contributed by atoms with van der Waals surface area (Å²) in [5, 5.41) is 19.9. The lowest BCUT2D eigenvalue weighted by molar-refractivity contribution is -0.0247. The van der Waals surface area contributed by atoms with Crippen LogP contribution >= 0.6 is 0 Å². The van der Waals surface area contributed by atoms with Crippen molar-refractivity contribution in [2.45, 2.75) is 46.1 Å². The van der Waals surface area contributed by atoms with Crippen molar-refractivity contribution in [2.24, 2.45) is 11.8 Å². The van der Waals surface area contributed by atoms with Gasteiger partial charge in [0.1, 0.15) is 16.9 Å². The summed E-state index contributed by atoms with van der Waals surface area (Å²) in [5.41, 5.74) is -1.15. The fourth-order valence-corrected chi connectivity index (χ4v) is 2.46. The number of aliphatic hydroxyl groups is 1. The average molecular weight is 254 g/mol. The van der Waals surface area contributed by atoms with E-state index in [4.69, 9.17) is 9.52 Å². The van der Waals surface area contributed by atoms with Gasteiger partial charge >= 0.3 is 5.97 Å². The molecule has 0 aliphatic rings. The van der Waals surface area contributed by atoms with Gasteiger partial charge < -0.3 is 14.6 Å². The molecule has 102 valence electrons. The molecule has 0 bridgehead atoms. The number of carboxylic acid groups (broad SMARTS) is 1. The zero-order valence-electron chi connectivity index (χ0n) is 11.4. The second-order valence-corrected chi connectivity index (χ2v) is 5.70. The Morgan fingerprint density at radius 3 is 2.17 bits per heavy atom. The van der Waals surface area contributed by atoms with Crippen molar-refractivity contribution in [3.05, 3.63) is 23.7 Å². The van der Waals surface area contributed by atoms with Crippen LogP contribution in [-0.2, 0) is 5.60 Å². The van der Waals surface area contributed by atoms with E-state index >= 15 is 0 Å². The average Bonchev–Trinajstić information content (AvgIpc) is 2.62. The van der Waals surface area contributed by atoms with Gasteiger partial charge in [0.2, 0.25) is 0 Å². The van der Waals surface area contributed by atoms with Crippen LogP contribution in [0.3, 0.4) is 0 Å². The van der Waals surface area contributed by atoms with Crippen LogP contribution in [0.5, 0.6) is 0 Å². The highest BCUT2D eigenvalue weighted by atomic mass is 16.4. The molecule has 0 spiro atoms. The maximum Gasteiger partial charge on any atom is 0.339 e. The predicted octanol–water partition coefficient (Wildman–Crippen LogP) is 3.26. The molecule has 0 amide bonds. The van der Waals surface area contributed by atoms with Crippen LogP contribution in [0.1, 0.15) is 56.7 Å². The van der Waals surface area contributed by atoms with Gasteiger partial charge in [-0.25, -0.2) is 4.79 Å². The minimum atomic E-state index is -1.21. The van der Waals surface area contributed by atoms with E-state index in [-0.39, 0.29) is 23.2 Å². The molecular formula is C14H22O4. The summed E-state index contributed by atoms with van der Waals surface area (Å²) >= 11 is 0. The molecule has 0 unspecified atom stereocenters. The Kier molecular flexibility index (Phi) is 4.57. The van der Waals surface area contributed by atoms with E-state index in [0.29, 0.717) is 12.8 Å². The summed E-state index contributed by atoms with van der Waals surface area (Å²) in [6.07, 6.45) is 2.29. The maximum atomic E-state index is 11.1.